The summed E-state index contributed by atoms with van der Waals surface area (Å²) in [6, 6.07) is 5.98. The first kappa shape index (κ1) is 17.5. The molecule has 0 spiro atoms. The molecular formula is C19H25F2N3O2. The monoisotopic (exact) mass is 365 g/mol. The number of methoxy groups -OCH3 is 1. The van der Waals surface area contributed by atoms with Crippen molar-refractivity contribution in [2.75, 3.05) is 20.2 Å². The summed E-state index contributed by atoms with van der Waals surface area (Å²) in [5, 5.41) is 0. The fraction of sp³-hybridized carbons (Fsp3) is 0.632. The second-order valence-electron chi connectivity index (χ2n) is 7.54. The van der Waals surface area contributed by atoms with Gasteiger partial charge < -0.3 is 14.6 Å². The first-order chi connectivity index (χ1) is 12.5. The molecular weight excluding hydrogens is 340 g/mol. The van der Waals surface area contributed by atoms with E-state index in [1.54, 1.807) is 7.11 Å². The predicted octanol–water partition coefficient (Wildman–Crippen LogP) is 3.55. The van der Waals surface area contributed by atoms with Crippen molar-refractivity contribution >= 4 is 11.0 Å². The van der Waals surface area contributed by atoms with Gasteiger partial charge in [-0.2, -0.15) is 0 Å². The molecule has 4 rings (SSSR count). The molecule has 1 aliphatic heterocycles. The number of fused-ring (bicyclic) bond motifs is 1. The maximum absolute atomic E-state index is 13.4. The number of aromatic nitrogens is 2. The van der Waals surface area contributed by atoms with Crippen LogP contribution in [-0.2, 0) is 0 Å². The zero-order chi connectivity index (χ0) is 18.3. The maximum Gasteiger partial charge on any atom is 0.326 e. The minimum absolute atomic E-state index is 0.000698. The van der Waals surface area contributed by atoms with Gasteiger partial charge >= 0.3 is 5.69 Å². The minimum atomic E-state index is -2.48. The molecule has 0 unspecified atom stereocenters. The number of H-pyrrole nitrogens is 1. The Bertz CT molecular complexity index is 827. The molecule has 1 aliphatic carbocycles. The van der Waals surface area contributed by atoms with Crippen LogP contribution in [0, 0.1) is 0 Å². The zero-order valence-electron chi connectivity index (χ0n) is 15.0. The van der Waals surface area contributed by atoms with Crippen LogP contribution in [0.1, 0.15) is 44.6 Å². The minimum Gasteiger partial charge on any atom is -0.497 e. The molecule has 26 heavy (non-hydrogen) atoms. The molecule has 1 saturated heterocycles. The van der Waals surface area contributed by atoms with Crippen LogP contribution in [0.15, 0.2) is 23.0 Å². The average molecular weight is 365 g/mol. The number of alkyl halides is 2. The highest BCUT2D eigenvalue weighted by molar-refractivity contribution is 5.77. The van der Waals surface area contributed by atoms with E-state index in [9.17, 15) is 13.6 Å². The molecule has 2 fully saturated rings. The Morgan fingerprint density at radius 2 is 1.81 bits per heavy atom. The second kappa shape index (κ2) is 6.68. The molecule has 0 amide bonds. The van der Waals surface area contributed by atoms with Crippen LogP contribution in [0.3, 0.4) is 0 Å². The van der Waals surface area contributed by atoms with Gasteiger partial charge in [0, 0.05) is 44.1 Å². The summed E-state index contributed by atoms with van der Waals surface area (Å²) in [7, 11) is 1.61. The lowest BCUT2D eigenvalue weighted by Crippen LogP contribution is -2.45. The van der Waals surface area contributed by atoms with Crippen molar-refractivity contribution in [3.05, 3.63) is 28.7 Å². The first-order valence-corrected chi connectivity index (χ1v) is 9.37. The SMILES string of the molecule is COc1ccc2[nH]c(=O)n(C3CCN(C4CCC(F)(F)CC4)CC3)c2c1. The highest BCUT2D eigenvalue weighted by Crippen LogP contribution is 2.37. The third kappa shape index (κ3) is 3.24. The quantitative estimate of drug-likeness (QED) is 0.905. The summed E-state index contributed by atoms with van der Waals surface area (Å²) in [6.45, 7) is 1.70. The number of hydrogen-bond donors (Lipinski definition) is 1. The Balaban J connectivity index is 1.48. The van der Waals surface area contributed by atoms with Crippen molar-refractivity contribution in [1.82, 2.24) is 14.5 Å². The predicted molar refractivity (Wildman–Crippen MR) is 96.2 cm³/mol. The second-order valence-corrected chi connectivity index (χ2v) is 7.54. The zero-order valence-corrected chi connectivity index (χ0v) is 15.0. The van der Waals surface area contributed by atoms with Crippen molar-refractivity contribution in [2.24, 2.45) is 0 Å². The van der Waals surface area contributed by atoms with Crippen LogP contribution in [0.2, 0.25) is 0 Å². The summed E-state index contributed by atoms with van der Waals surface area (Å²) in [5.74, 6) is -1.75. The van der Waals surface area contributed by atoms with E-state index in [1.807, 2.05) is 22.8 Å². The van der Waals surface area contributed by atoms with E-state index in [0.29, 0.717) is 12.8 Å². The van der Waals surface area contributed by atoms with Crippen LogP contribution < -0.4 is 10.4 Å². The van der Waals surface area contributed by atoms with E-state index in [-0.39, 0.29) is 30.6 Å². The highest BCUT2D eigenvalue weighted by atomic mass is 19.3. The van der Waals surface area contributed by atoms with E-state index in [2.05, 4.69) is 9.88 Å². The fourth-order valence-electron chi connectivity index (χ4n) is 4.49. The molecule has 142 valence electrons. The molecule has 0 radical (unpaired) electrons. The van der Waals surface area contributed by atoms with Gasteiger partial charge in [-0.1, -0.05) is 0 Å². The number of likely N-dealkylation sites (tertiary alicyclic amines) is 1. The smallest absolute Gasteiger partial charge is 0.326 e. The van der Waals surface area contributed by atoms with Gasteiger partial charge in [0.1, 0.15) is 5.75 Å². The van der Waals surface area contributed by atoms with Crippen molar-refractivity contribution in [1.29, 1.82) is 0 Å². The Labute approximate surface area is 150 Å². The van der Waals surface area contributed by atoms with Crippen molar-refractivity contribution < 1.29 is 13.5 Å². The lowest BCUT2D eigenvalue weighted by molar-refractivity contribution is -0.0565. The number of nitrogens with one attached hydrogen (secondary N) is 1. The van der Waals surface area contributed by atoms with E-state index in [4.69, 9.17) is 4.74 Å². The van der Waals surface area contributed by atoms with E-state index in [1.165, 1.54) is 0 Å². The van der Waals surface area contributed by atoms with E-state index < -0.39 is 5.92 Å². The van der Waals surface area contributed by atoms with Gasteiger partial charge in [-0.25, -0.2) is 13.6 Å². The first-order valence-electron chi connectivity index (χ1n) is 9.37. The molecule has 2 aromatic rings. The molecule has 5 nitrogen and oxygen atoms in total. The van der Waals surface area contributed by atoms with Crippen LogP contribution in [0.25, 0.3) is 11.0 Å². The molecule has 1 N–H and O–H groups in total. The highest BCUT2D eigenvalue weighted by Gasteiger charge is 2.38. The summed E-state index contributed by atoms with van der Waals surface area (Å²) >= 11 is 0. The van der Waals surface area contributed by atoms with Gasteiger partial charge in [0.05, 0.1) is 18.1 Å². The van der Waals surface area contributed by atoms with Gasteiger partial charge in [-0.15, -0.1) is 0 Å². The standard InChI is InChI=1S/C19H25F2N3O2/c1-26-15-2-3-16-17(12-15)24(18(25)22-16)14-6-10-23(11-7-14)13-4-8-19(20,21)9-5-13/h2-3,12-14H,4-11H2,1H3,(H,22,25). The molecule has 0 bridgehead atoms. The van der Waals surface area contributed by atoms with Gasteiger partial charge in [0.2, 0.25) is 5.92 Å². The lowest BCUT2D eigenvalue weighted by atomic mass is 9.89. The van der Waals surface area contributed by atoms with E-state index >= 15 is 0 Å². The van der Waals surface area contributed by atoms with E-state index in [0.717, 1.165) is 42.7 Å². The van der Waals surface area contributed by atoms with Gasteiger partial charge in [-0.05, 0) is 37.8 Å². The largest absolute Gasteiger partial charge is 0.497 e. The van der Waals surface area contributed by atoms with Crippen LogP contribution in [0.5, 0.6) is 5.75 Å². The number of imidazole rings is 1. The van der Waals surface area contributed by atoms with Crippen LogP contribution in [-0.4, -0.2) is 46.6 Å². The van der Waals surface area contributed by atoms with Crippen molar-refractivity contribution in [3.8, 4) is 5.75 Å². The Kier molecular flexibility index (Phi) is 4.50. The normalized spacial score (nSPS) is 22.7. The molecule has 1 aromatic heterocycles. The number of ether oxygens (including phenoxy) is 1. The molecule has 1 saturated carbocycles. The lowest BCUT2D eigenvalue weighted by Gasteiger charge is -2.40. The number of hydrogen-bond acceptors (Lipinski definition) is 3. The maximum atomic E-state index is 13.4. The number of piperidine rings is 1. The summed E-state index contributed by atoms with van der Waals surface area (Å²) in [5.41, 5.74) is 1.59. The van der Waals surface area contributed by atoms with Crippen LogP contribution in [0.4, 0.5) is 8.78 Å². The van der Waals surface area contributed by atoms with Gasteiger partial charge in [0.25, 0.3) is 0 Å². The molecule has 2 aliphatic rings. The van der Waals surface area contributed by atoms with Crippen molar-refractivity contribution in [3.63, 3.8) is 0 Å². The van der Waals surface area contributed by atoms with Crippen LogP contribution >= 0.6 is 0 Å². The third-order valence-corrected chi connectivity index (χ3v) is 5.99. The number of rotatable bonds is 3. The third-order valence-electron chi connectivity index (χ3n) is 5.99. The number of aromatic amines is 1. The molecule has 1 aromatic carbocycles. The molecule has 2 heterocycles. The average Bonchev–Trinajstić information content (AvgIpc) is 2.96. The summed E-state index contributed by atoms with van der Waals surface area (Å²) in [6.07, 6.45) is 2.86. The number of nitrogens with zero attached hydrogens (tertiary/aromatic N) is 2. The van der Waals surface area contributed by atoms with Gasteiger partial charge in [-0.3, -0.25) is 4.57 Å². The fourth-order valence-corrected chi connectivity index (χ4v) is 4.49. The van der Waals surface area contributed by atoms with Crippen molar-refractivity contribution in [2.45, 2.75) is 56.5 Å². The van der Waals surface area contributed by atoms with Gasteiger partial charge in [0.15, 0.2) is 0 Å². The molecule has 7 heteroatoms. The molecule has 0 atom stereocenters. The Morgan fingerprint density at radius 1 is 1.12 bits per heavy atom. The Hall–Kier alpha value is -1.89. The summed E-state index contributed by atoms with van der Waals surface area (Å²) in [4.78, 5) is 17.7. The summed E-state index contributed by atoms with van der Waals surface area (Å²) < 4.78 is 33.9. The topological polar surface area (TPSA) is 50.3 Å². The Morgan fingerprint density at radius 3 is 2.46 bits per heavy atom. The number of halogens is 2. The number of benzene rings is 1.